The van der Waals surface area contributed by atoms with Crippen molar-refractivity contribution in [3.8, 4) is 0 Å². The maximum Gasteiger partial charge on any atom is 0.312 e. The molecule has 1 heterocycles. The molecule has 0 aliphatic carbocycles. The van der Waals surface area contributed by atoms with Gasteiger partial charge in [0.25, 0.3) is 0 Å². The first kappa shape index (κ1) is 16.3. The number of benzene rings is 1. The van der Waals surface area contributed by atoms with Crippen molar-refractivity contribution >= 4 is 40.6 Å². The normalized spacial score (nSPS) is 11.7. The predicted octanol–water partition coefficient (Wildman–Crippen LogP) is 3.45. The highest BCUT2D eigenvalue weighted by atomic mass is 35.5. The highest BCUT2D eigenvalue weighted by molar-refractivity contribution is 7.10. The highest BCUT2D eigenvalue weighted by Crippen LogP contribution is 2.24. The first-order valence-electron chi connectivity index (χ1n) is 6.61. The van der Waals surface area contributed by atoms with Crippen LogP contribution in [0.4, 0.5) is 10.5 Å². The molecule has 1 aromatic carbocycles. The van der Waals surface area contributed by atoms with Gasteiger partial charge in [-0.2, -0.15) is 0 Å². The van der Waals surface area contributed by atoms with Crippen molar-refractivity contribution in [2.45, 2.75) is 19.4 Å². The highest BCUT2D eigenvalue weighted by Gasteiger charge is 2.18. The number of anilines is 1. The van der Waals surface area contributed by atoms with Crippen molar-refractivity contribution in [1.29, 1.82) is 0 Å². The molecule has 7 heteroatoms. The number of hydrogen-bond donors (Lipinski definition) is 3. The van der Waals surface area contributed by atoms with E-state index in [0.717, 1.165) is 10.4 Å². The molecule has 0 bridgehead atoms. The summed E-state index contributed by atoms with van der Waals surface area (Å²) in [6, 6.07) is 7.88. The summed E-state index contributed by atoms with van der Waals surface area (Å²) in [6.07, 6.45) is 0.0927. The van der Waals surface area contributed by atoms with E-state index in [1.165, 1.54) is 11.3 Å². The Kier molecular flexibility index (Phi) is 5.41. The number of halogens is 1. The number of nitrogens with one attached hydrogen (secondary N) is 2. The first-order valence-corrected chi connectivity index (χ1v) is 7.87. The molecule has 5 nitrogen and oxygen atoms in total. The molecule has 1 atom stereocenters. The predicted molar refractivity (Wildman–Crippen MR) is 89.2 cm³/mol. The molecule has 0 saturated carbocycles. The lowest BCUT2D eigenvalue weighted by Gasteiger charge is -2.16. The van der Waals surface area contributed by atoms with Gasteiger partial charge < -0.3 is 16.4 Å². The Morgan fingerprint density at radius 2 is 2.14 bits per heavy atom. The van der Waals surface area contributed by atoms with Gasteiger partial charge in [0.05, 0.1) is 12.5 Å². The number of amides is 3. The number of hydrogen-bond acceptors (Lipinski definition) is 3. The Bertz CT molecular complexity index is 673. The standard InChI is InChI=1S/C15H16ClN3O2S/c1-9-4-5-10(16)7-11(9)18-14(20)8-12(19-15(17)21)13-3-2-6-22-13/h2-7,12H,8H2,1H3,(H,18,20)(H3,17,19,21). The molecule has 0 spiro atoms. The molecule has 1 aromatic heterocycles. The number of rotatable bonds is 5. The van der Waals surface area contributed by atoms with E-state index in [2.05, 4.69) is 10.6 Å². The molecule has 1 unspecified atom stereocenters. The molecular weight excluding hydrogens is 322 g/mol. The minimum Gasteiger partial charge on any atom is -0.352 e. The second-order valence-electron chi connectivity index (χ2n) is 4.79. The molecule has 2 aromatic rings. The van der Waals surface area contributed by atoms with Crippen molar-refractivity contribution in [1.82, 2.24) is 5.32 Å². The Morgan fingerprint density at radius 1 is 1.36 bits per heavy atom. The third-order valence-electron chi connectivity index (χ3n) is 3.07. The molecule has 116 valence electrons. The maximum absolute atomic E-state index is 12.2. The first-order chi connectivity index (χ1) is 10.5. The second kappa shape index (κ2) is 7.29. The van der Waals surface area contributed by atoms with E-state index >= 15 is 0 Å². The van der Waals surface area contributed by atoms with Gasteiger partial charge in [0.1, 0.15) is 0 Å². The van der Waals surface area contributed by atoms with Gasteiger partial charge in [0, 0.05) is 15.6 Å². The Balaban J connectivity index is 2.08. The Hall–Kier alpha value is -2.05. The maximum atomic E-state index is 12.2. The third-order valence-corrected chi connectivity index (χ3v) is 4.29. The van der Waals surface area contributed by atoms with Gasteiger partial charge >= 0.3 is 6.03 Å². The number of urea groups is 1. The second-order valence-corrected chi connectivity index (χ2v) is 6.20. The van der Waals surface area contributed by atoms with E-state index in [9.17, 15) is 9.59 Å². The fourth-order valence-electron chi connectivity index (χ4n) is 2.00. The van der Waals surface area contributed by atoms with E-state index in [1.807, 2.05) is 30.5 Å². The molecule has 0 aliphatic heterocycles. The van der Waals surface area contributed by atoms with Gasteiger partial charge in [0.2, 0.25) is 5.91 Å². The van der Waals surface area contributed by atoms with Crippen LogP contribution in [0.5, 0.6) is 0 Å². The minimum atomic E-state index is -0.662. The average molecular weight is 338 g/mol. The van der Waals surface area contributed by atoms with E-state index in [0.29, 0.717) is 10.7 Å². The SMILES string of the molecule is Cc1ccc(Cl)cc1NC(=O)CC(NC(N)=O)c1cccs1. The fourth-order valence-corrected chi connectivity index (χ4v) is 2.95. The molecule has 0 saturated heterocycles. The summed E-state index contributed by atoms with van der Waals surface area (Å²) >= 11 is 7.39. The zero-order chi connectivity index (χ0) is 16.1. The molecule has 0 fully saturated rings. The molecule has 2 rings (SSSR count). The largest absolute Gasteiger partial charge is 0.352 e. The van der Waals surface area contributed by atoms with Crippen molar-refractivity contribution in [3.05, 3.63) is 51.2 Å². The lowest BCUT2D eigenvalue weighted by Crippen LogP contribution is -2.34. The van der Waals surface area contributed by atoms with Crippen molar-refractivity contribution in [3.63, 3.8) is 0 Å². The molecule has 0 radical (unpaired) electrons. The Labute approximate surface area is 137 Å². The summed E-state index contributed by atoms with van der Waals surface area (Å²) in [5, 5.41) is 7.82. The van der Waals surface area contributed by atoms with E-state index in [4.69, 9.17) is 17.3 Å². The minimum absolute atomic E-state index is 0.0927. The summed E-state index contributed by atoms with van der Waals surface area (Å²) in [5.74, 6) is -0.225. The van der Waals surface area contributed by atoms with Gasteiger partial charge in [-0.3, -0.25) is 4.79 Å². The lowest BCUT2D eigenvalue weighted by atomic mass is 10.1. The van der Waals surface area contributed by atoms with Gasteiger partial charge in [0.15, 0.2) is 0 Å². The van der Waals surface area contributed by atoms with Crippen LogP contribution in [-0.4, -0.2) is 11.9 Å². The number of primary amides is 1. The average Bonchev–Trinajstić information content (AvgIpc) is 2.95. The van der Waals surface area contributed by atoms with Crippen molar-refractivity contribution in [2.75, 3.05) is 5.32 Å². The lowest BCUT2D eigenvalue weighted by molar-refractivity contribution is -0.116. The number of thiophene rings is 1. The van der Waals surface area contributed by atoms with Crippen molar-refractivity contribution < 1.29 is 9.59 Å². The van der Waals surface area contributed by atoms with Crippen LogP contribution in [0.15, 0.2) is 35.7 Å². The van der Waals surface area contributed by atoms with Crippen LogP contribution in [0.3, 0.4) is 0 Å². The van der Waals surface area contributed by atoms with Crippen LogP contribution < -0.4 is 16.4 Å². The quantitative estimate of drug-likeness (QED) is 0.780. The number of aryl methyl sites for hydroxylation is 1. The molecular formula is C15H16ClN3O2S. The van der Waals surface area contributed by atoms with Crippen LogP contribution in [0.2, 0.25) is 5.02 Å². The topological polar surface area (TPSA) is 84.2 Å². The monoisotopic (exact) mass is 337 g/mol. The fraction of sp³-hybridized carbons (Fsp3) is 0.200. The van der Waals surface area contributed by atoms with Crippen LogP contribution in [0.25, 0.3) is 0 Å². The molecule has 4 N–H and O–H groups in total. The molecule has 22 heavy (non-hydrogen) atoms. The summed E-state index contributed by atoms with van der Waals surface area (Å²) in [4.78, 5) is 24.2. The summed E-state index contributed by atoms with van der Waals surface area (Å²) in [7, 11) is 0. The van der Waals surface area contributed by atoms with E-state index in [-0.39, 0.29) is 12.3 Å². The van der Waals surface area contributed by atoms with Gasteiger partial charge in [-0.1, -0.05) is 23.7 Å². The third kappa shape index (κ3) is 4.47. The van der Waals surface area contributed by atoms with Crippen LogP contribution in [-0.2, 0) is 4.79 Å². The van der Waals surface area contributed by atoms with Crippen LogP contribution >= 0.6 is 22.9 Å². The summed E-state index contributed by atoms with van der Waals surface area (Å²) in [5.41, 5.74) is 6.74. The Morgan fingerprint density at radius 3 is 2.77 bits per heavy atom. The zero-order valence-corrected chi connectivity index (χ0v) is 13.5. The van der Waals surface area contributed by atoms with Crippen LogP contribution in [0, 0.1) is 6.92 Å². The number of nitrogens with two attached hydrogens (primary N) is 1. The van der Waals surface area contributed by atoms with Gasteiger partial charge in [-0.25, -0.2) is 4.79 Å². The van der Waals surface area contributed by atoms with E-state index in [1.54, 1.807) is 12.1 Å². The summed E-state index contributed by atoms with van der Waals surface area (Å²) < 4.78 is 0. The van der Waals surface area contributed by atoms with E-state index < -0.39 is 12.1 Å². The molecule has 0 aliphatic rings. The van der Waals surface area contributed by atoms with Crippen LogP contribution in [0.1, 0.15) is 22.9 Å². The van der Waals surface area contributed by atoms with Gasteiger partial charge in [-0.05, 0) is 36.1 Å². The summed E-state index contributed by atoms with van der Waals surface area (Å²) in [6.45, 7) is 1.88. The number of carbonyl (C=O) groups is 2. The number of carbonyl (C=O) groups excluding carboxylic acids is 2. The van der Waals surface area contributed by atoms with Crippen molar-refractivity contribution in [2.24, 2.45) is 5.73 Å². The van der Waals surface area contributed by atoms with Gasteiger partial charge in [-0.15, -0.1) is 11.3 Å². The smallest absolute Gasteiger partial charge is 0.312 e. The zero-order valence-electron chi connectivity index (χ0n) is 11.9. The molecule has 3 amide bonds.